The van der Waals surface area contributed by atoms with Crippen LogP contribution in [0.3, 0.4) is 0 Å². The van der Waals surface area contributed by atoms with Crippen molar-refractivity contribution in [3.05, 3.63) is 65.0 Å². The summed E-state index contributed by atoms with van der Waals surface area (Å²) in [5.74, 6) is -0.579. The van der Waals surface area contributed by atoms with Gasteiger partial charge in [0.15, 0.2) is 11.6 Å². The molecule has 148 valence electrons. The van der Waals surface area contributed by atoms with Crippen LogP contribution in [0.4, 0.5) is 4.39 Å². The van der Waals surface area contributed by atoms with Gasteiger partial charge in [-0.1, -0.05) is 29.4 Å². The summed E-state index contributed by atoms with van der Waals surface area (Å²) in [6, 6.07) is 8.68. The van der Waals surface area contributed by atoms with Crippen LogP contribution in [0.15, 0.2) is 52.6 Å². The number of rotatable bonds is 5. The van der Waals surface area contributed by atoms with Crippen molar-refractivity contribution in [2.24, 2.45) is 0 Å². The third kappa shape index (κ3) is 3.45. The average molecular weight is 429 g/mol. The highest BCUT2D eigenvalue weighted by Gasteiger charge is 2.22. The fraction of sp³-hybridized carbons (Fsp3) is 0.190. The Bertz CT molecular complexity index is 1250. The molecule has 0 atom stereocenters. The number of hydrogen-bond donors (Lipinski definition) is 0. The minimum Gasteiger partial charge on any atom is -0.307 e. The zero-order chi connectivity index (χ0) is 20.7. The molecule has 0 saturated carbocycles. The van der Waals surface area contributed by atoms with Gasteiger partial charge in [0.2, 0.25) is 0 Å². The lowest BCUT2D eigenvalue weighted by atomic mass is 10.2. The maximum absolute atomic E-state index is 15.1. The summed E-state index contributed by atoms with van der Waals surface area (Å²) >= 11 is 7.49. The average Bonchev–Trinajstić information content (AvgIpc) is 3.28. The molecule has 3 heterocycles. The number of fused-ring (bicyclic) bond motifs is 1. The molecule has 0 N–H and O–H groups in total. The summed E-state index contributed by atoms with van der Waals surface area (Å²) < 4.78 is 18.7. The van der Waals surface area contributed by atoms with E-state index >= 15 is 4.39 Å². The van der Waals surface area contributed by atoms with Gasteiger partial charge in [-0.15, -0.1) is 0 Å². The molecule has 3 aromatic heterocycles. The summed E-state index contributed by atoms with van der Waals surface area (Å²) in [7, 11) is 0. The van der Waals surface area contributed by atoms with Crippen molar-refractivity contribution in [3.8, 4) is 5.69 Å². The number of carbonyl (C=O) groups excluding carboxylic acids is 1. The van der Waals surface area contributed by atoms with Crippen molar-refractivity contribution in [1.29, 1.82) is 0 Å². The second-order valence-corrected chi connectivity index (χ2v) is 8.02. The van der Waals surface area contributed by atoms with Gasteiger partial charge < -0.3 is 4.57 Å². The molecule has 0 spiro atoms. The van der Waals surface area contributed by atoms with Crippen LogP contribution in [0.2, 0.25) is 5.02 Å². The summed E-state index contributed by atoms with van der Waals surface area (Å²) in [5, 5.41) is 5.78. The van der Waals surface area contributed by atoms with Crippen molar-refractivity contribution in [3.63, 3.8) is 0 Å². The van der Waals surface area contributed by atoms with Gasteiger partial charge >= 0.3 is 0 Å². The highest BCUT2D eigenvalue weighted by Crippen LogP contribution is 2.41. The Balaban J connectivity index is 1.93. The molecule has 0 bridgehead atoms. The van der Waals surface area contributed by atoms with Crippen LogP contribution in [0.1, 0.15) is 30.0 Å². The lowest BCUT2D eigenvalue weighted by molar-refractivity contribution is 0.101. The topological polar surface area (TPSA) is 52.7 Å². The van der Waals surface area contributed by atoms with Crippen LogP contribution in [0.5, 0.6) is 0 Å². The van der Waals surface area contributed by atoms with Gasteiger partial charge in [0.25, 0.3) is 0 Å². The first-order valence-corrected chi connectivity index (χ1v) is 10.3. The van der Waals surface area contributed by atoms with E-state index in [0.29, 0.717) is 22.8 Å². The summed E-state index contributed by atoms with van der Waals surface area (Å²) in [4.78, 5) is 17.0. The van der Waals surface area contributed by atoms with E-state index < -0.39 is 5.82 Å². The maximum Gasteiger partial charge on any atom is 0.178 e. The molecule has 0 fully saturated rings. The number of ketones is 1. The lowest BCUT2D eigenvalue weighted by Gasteiger charge is -2.07. The normalized spacial score (nSPS) is 11.3. The monoisotopic (exact) mass is 428 g/mol. The lowest BCUT2D eigenvalue weighted by Crippen LogP contribution is -1.98. The maximum atomic E-state index is 15.1. The number of nitrogens with zero attached hydrogens (tertiary/aromatic N) is 4. The highest BCUT2D eigenvalue weighted by molar-refractivity contribution is 7.99. The number of pyridine rings is 1. The quantitative estimate of drug-likeness (QED) is 0.383. The van der Waals surface area contributed by atoms with Crippen LogP contribution in [0, 0.1) is 12.7 Å². The number of carbonyl (C=O) groups is 1. The van der Waals surface area contributed by atoms with Gasteiger partial charge in [0.05, 0.1) is 22.4 Å². The van der Waals surface area contributed by atoms with Gasteiger partial charge in [-0.3, -0.25) is 9.48 Å². The summed E-state index contributed by atoms with van der Waals surface area (Å²) in [6.45, 7) is 6.11. The van der Waals surface area contributed by atoms with Crippen LogP contribution in [-0.4, -0.2) is 25.1 Å². The molecule has 5 nitrogen and oxygen atoms in total. The van der Waals surface area contributed by atoms with Crippen LogP contribution < -0.4 is 0 Å². The summed E-state index contributed by atoms with van der Waals surface area (Å²) in [6.07, 6.45) is 3.58. The Morgan fingerprint density at radius 3 is 2.76 bits per heavy atom. The zero-order valence-electron chi connectivity index (χ0n) is 16.1. The second kappa shape index (κ2) is 7.65. The van der Waals surface area contributed by atoms with Crippen molar-refractivity contribution in [2.45, 2.75) is 37.2 Å². The van der Waals surface area contributed by atoms with Gasteiger partial charge in [-0.25, -0.2) is 9.37 Å². The molecular formula is C21H18ClFN4OS. The molecule has 0 saturated heterocycles. The molecule has 4 rings (SSSR count). The molecule has 0 aliphatic heterocycles. The Morgan fingerprint density at radius 1 is 1.28 bits per heavy atom. The molecule has 0 radical (unpaired) electrons. The number of aryl methyl sites for hydroxylation is 1. The molecule has 0 amide bonds. The predicted octanol–water partition coefficient (Wildman–Crippen LogP) is 5.70. The van der Waals surface area contributed by atoms with Crippen LogP contribution >= 0.6 is 23.4 Å². The molecule has 0 aliphatic rings. The number of hydrogen-bond acceptors (Lipinski definition) is 4. The van der Waals surface area contributed by atoms with Gasteiger partial charge in [-0.2, -0.15) is 5.10 Å². The van der Waals surface area contributed by atoms with Crippen LogP contribution in [0.25, 0.3) is 16.6 Å². The zero-order valence-corrected chi connectivity index (χ0v) is 17.7. The standard InChI is InChI=1S/C21H18ClFN4OS/c1-4-26-11-14(10-24-26)27-12(2)21(15-8-9-16(22)19(23)20(15)27)29-18-7-5-6-17(25-18)13(3)28/h5-11H,4H2,1-3H3. The third-order valence-electron chi connectivity index (χ3n) is 4.69. The Kier molecular flexibility index (Phi) is 5.19. The highest BCUT2D eigenvalue weighted by atomic mass is 35.5. The van der Waals surface area contributed by atoms with Crippen molar-refractivity contribution in [1.82, 2.24) is 19.3 Å². The SMILES string of the molecule is CCn1cc(-n2c(C)c(Sc3cccc(C(C)=O)n3)c3ccc(Cl)c(F)c32)cn1. The molecule has 0 aliphatic carbocycles. The minimum atomic E-state index is -0.478. The largest absolute Gasteiger partial charge is 0.307 e. The Hall–Kier alpha value is -2.64. The number of benzene rings is 1. The molecular weight excluding hydrogens is 411 g/mol. The predicted molar refractivity (Wildman–Crippen MR) is 113 cm³/mol. The number of aromatic nitrogens is 4. The Morgan fingerprint density at radius 2 is 2.07 bits per heavy atom. The number of Topliss-reactive ketones (excluding diaryl/α,β-unsaturated/α-hetero) is 1. The van der Waals surface area contributed by atoms with Gasteiger partial charge in [-0.05, 0) is 38.1 Å². The second-order valence-electron chi connectivity index (χ2n) is 6.58. The van der Waals surface area contributed by atoms with E-state index in [1.54, 1.807) is 29.1 Å². The first kappa shape index (κ1) is 19.7. The van der Waals surface area contributed by atoms with E-state index in [2.05, 4.69) is 10.1 Å². The van der Waals surface area contributed by atoms with E-state index in [1.807, 2.05) is 36.7 Å². The van der Waals surface area contributed by atoms with E-state index in [4.69, 9.17) is 11.6 Å². The smallest absolute Gasteiger partial charge is 0.178 e. The van der Waals surface area contributed by atoms with Gasteiger partial charge in [0, 0.05) is 35.6 Å². The number of halogens is 2. The van der Waals surface area contributed by atoms with E-state index in [-0.39, 0.29) is 10.8 Å². The molecule has 29 heavy (non-hydrogen) atoms. The first-order valence-electron chi connectivity index (χ1n) is 9.08. The fourth-order valence-electron chi connectivity index (χ4n) is 3.27. The minimum absolute atomic E-state index is 0.0624. The van der Waals surface area contributed by atoms with E-state index in [1.165, 1.54) is 18.7 Å². The van der Waals surface area contributed by atoms with E-state index in [0.717, 1.165) is 21.7 Å². The van der Waals surface area contributed by atoms with Crippen molar-refractivity contribution < 1.29 is 9.18 Å². The van der Waals surface area contributed by atoms with Crippen LogP contribution in [-0.2, 0) is 6.54 Å². The van der Waals surface area contributed by atoms with Gasteiger partial charge in [0.1, 0.15) is 10.7 Å². The molecule has 0 unspecified atom stereocenters. The molecule has 4 aromatic rings. The summed E-state index contributed by atoms with van der Waals surface area (Å²) in [5.41, 5.74) is 2.40. The Labute approximate surface area is 176 Å². The van der Waals surface area contributed by atoms with E-state index in [9.17, 15) is 4.79 Å². The third-order valence-corrected chi connectivity index (χ3v) is 6.14. The molecule has 1 aromatic carbocycles. The molecule has 8 heteroatoms. The fourth-order valence-corrected chi connectivity index (χ4v) is 4.44. The van der Waals surface area contributed by atoms with Crippen molar-refractivity contribution >= 4 is 40.0 Å². The first-order chi connectivity index (χ1) is 13.9. The van der Waals surface area contributed by atoms with Crippen molar-refractivity contribution in [2.75, 3.05) is 0 Å².